The van der Waals surface area contributed by atoms with Crippen LogP contribution in [0.1, 0.15) is 23.2 Å². The number of hydrogen-bond acceptors (Lipinski definition) is 4. The van der Waals surface area contributed by atoms with Gasteiger partial charge in [0.05, 0.1) is 15.9 Å². The summed E-state index contributed by atoms with van der Waals surface area (Å²) in [5.74, 6) is -0.840. The van der Waals surface area contributed by atoms with Crippen LogP contribution in [-0.4, -0.2) is 22.3 Å². The number of fused-ring (bicyclic) bond motifs is 1. The van der Waals surface area contributed by atoms with Crippen LogP contribution in [0.4, 0.5) is 5.69 Å². The standard InChI is InChI=1S/C19H14ClN3O3S/c1-22-14-7-4-12(20)10-15(14)27-19(22)21-18(26)11-2-5-13(6-3-11)23-16(24)8-9-17(23)25/h2-7,10H,8-9H2,1H3. The third kappa shape index (κ3) is 3.20. The molecule has 27 heavy (non-hydrogen) atoms. The zero-order valence-electron chi connectivity index (χ0n) is 14.3. The smallest absolute Gasteiger partial charge is 0.279 e. The lowest BCUT2D eigenvalue weighted by Crippen LogP contribution is -2.28. The summed E-state index contributed by atoms with van der Waals surface area (Å²) in [6, 6.07) is 11.8. The first-order valence-electron chi connectivity index (χ1n) is 8.24. The fourth-order valence-electron chi connectivity index (χ4n) is 2.98. The monoisotopic (exact) mass is 399 g/mol. The van der Waals surface area contributed by atoms with Gasteiger partial charge in [-0.05, 0) is 42.5 Å². The van der Waals surface area contributed by atoms with Crippen LogP contribution in [0.25, 0.3) is 10.2 Å². The topological polar surface area (TPSA) is 71.7 Å². The lowest BCUT2D eigenvalue weighted by atomic mass is 10.2. The van der Waals surface area contributed by atoms with Crippen LogP contribution in [-0.2, 0) is 16.6 Å². The van der Waals surface area contributed by atoms with Crippen molar-refractivity contribution in [3.05, 3.63) is 57.9 Å². The molecule has 0 bridgehead atoms. The highest BCUT2D eigenvalue weighted by Gasteiger charge is 2.30. The third-order valence-corrected chi connectivity index (χ3v) is 5.72. The number of halogens is 1. The highest BCUT2D eigenvalue weighted by Crippen LogP contribution is 2.23. The maximum Gasteiger partial charge on any atom is 0.279 e. The molecule has 136 valence electrons. The van der Waals surface area contributed by atoms with Gasteiger partial charge < -0.3 is 4.57 Å². The number of carbonyl (C=O) groups is 3. The van der Waals surface area contributed by atoms with Gasteiger partial charge in [0.15, 0.2) is 4.80 Å². The average Bonchev–Trinajstić information content (AvgIpc) is 3.14. The summed E-state index contributed by atoms with van der Waals surface area (Å²) in [6.45, 7) is 0. The van der Waals surface area contributed by atoms with Crippen LogP contribution in [0.15, 0.2) is 47.5 Å². The average molecular weight is 400 g/mol. The maximum atomic E-state index is 12.5. The first kappa shape index (κ1) is 17.6. The van der Waals surface area contributed by atoms with Gasteiger partial charge in [-0.3, -0.25) is 19.3 Å². The molecule has 2 aromatic carbocycles. The van der Waals surface area contributed by atoms with Gasteiger partial charge >= 0.3 is 0 Å². The molecule has 2 heterocycles. The van der Waals surface area contributed by atoms with Gasteiger partial charge in [0.1, 0.15) is 0 Å². The van der Waals surface area contributed by atoms with Gasteiger partial charge in [-0.1, -0.05) is 22.9 Å². The zero-order valence-corrected chi connectivity index (χ0v) is 15.9. The van der Waals surface area contributed by atoms with Crippen LogP contribution in [0, 0.1) is 0 Å². The minimum atomic E-state index is -0.395. The molecular formula is C19H14ClN3O3S. The summed E-state index contributed by atoms with van der Waals surface area (Å²) >= 11 is 7.40. The third-order valence-electron chi connectivity index (χ3n) is 4.39. The van der Waals surface area contributed by atoms with E-state index >= 15 is 0 Å². The van der Waals surface area contributed by atoms with Gasteiger partial charge in [-0.25, -0.2) is 0 Å². The molecular weight excluding hydrogens is 386 g/mol. The van der Waals surface area contributed by atoms with Crippen molar-refractivity contribution in [2.24, 2.45) is 12.0 Å². The van der Waals surface area contributed by atoms with Gasteiger partial charge in [-0.15, -0.1) is 0 Å². The molecule has 6 nitrogen and oxygen atoms in total. The number of anilines is 1. The SMILES string of the molecule is Cn1c(=NC(=O)c2ccc(N3C(=O)CCC3=O)cc2)sc2cc(Cl)ccc21. The Morgan fingerprint density at radius 2 is 1.74 bits per heavy atom. The largest absolute Gasteiger partial charge is 0.319 e. The number of carbonyl (C=O) groups excluding carboxylic acids is 3. The van der Waals surface area contributed by atoms with Gasteiger partial charge in [0.25, 0.3) is 5.91 Å². The van der Waals surface area contributed by atoms with Crippen molar-refractivity contribution < 1.29 is 14.4 Å². The summed E-state index contributed by atoms with van der Waals surface area (Å²) in [7, 11) is 1.84. The van der Waals surface area contributed by atoms with Crippen molar-refractivity contribution in [1.82, 2.24) is 4.57 Å². The normalized spacial score (nSPS) is 15.2. The van der Waals surface area contributed by atoms with Gasteiger partial charge in [0, 0.05) is 30.5 Å². The quantitative estimate of drug-likeness (QED) is 0.621. The number of aromatic nitrogens is 1. The Morgan fingerprint density at radius 1 is 1.07 bits per heavy atom. The Bertz CT molecular complexity index is 1150. The summed E-state index contributed by atoms with van der Waals surface area (Å²) in [6.07, 6.45) is 0.447. The van der Waals surface area contributed by atoms with Crippen LogP contribution in [0.3, 0.4) is 0 Å². The molecule has 1 fully saturated rings. The highest BCUT2D eigenvalue weighted by molar-refractivity contribution is 7.16. The Hall–Kier alpha value is -2.77. The summed E-state index contributed by atoms with van der Waals surface area (Å²) in [5, 5.41) is 0.629. The van der Waals surface area contributed by atoms with Crippen molar-refractivity contribution in [2.75, 3.05) is 4.90 Å². The lowest BCUT2D eigenvalue weighted by Gasteiger charge is -2.13. The summed E-state index contributed by atoms with van der Waals surface area (Å²) in [5.41, 5.74) is 1.80. The molecule has 0 atom stereocenters. The zero-order chi connectivity index (χ0) is 19.1. The van der Waals surface area contributed by atoms with E-state index in [4.69, 9.17) is 11.6 Å². The minimum absolute atomic E-state index is 0.222. The van der Waals surface area contributed by atoms with E-state index < -0.39 is 5.91 Å². The Labute approximate surface area is 163 Å². The Balaban J connectivity index is 1.65. The summed E-state index contributed by atoms with van der Waals surface area (Å²) in [4.78, 5) is 42.0. The molecule has 3 aromatic rings. The fraction of sp³-hybridized carbons (Fsp3) is 0.158. The molecule has 0 spiro atoms. The molecule has 1 aliphatic heterocycles. The van der Waals surface area contributed by atoms with E-state index in [2.05, 4.69) is 4.99 Å². The minimum Gasteiger partial charge on any atom is -0.319 e. The fourth-order valence-corrected chi connectivity index (χ4v) is 4.28. The van der Waals surface area contributed by atoms with E-state index in [0.717, 1.165) is 15.1 Å². The van der Waals surface area contributed by atoms with E-state index in [1.807, 2.05) is 23.7 Å². The van der Waals surface area contributed by atoms with Gasteiger partial charge in [0.2, 0.25) is 11.8 Å². The molecule has 0 saturated carbocycles. The van der Waals surface area contributed by atoms with Crippen LogP contribution < -0.4 is 9.70 Å². The molecule has 3 amide bonds. The Morgan fingerprint density at radius 3 is 2.41 bits per heavy atom. The number of thiazole rings is 1. The predicted octanol–water partition coefficient (Wildman–Crippen LogP) is 3.29. The van der Waals surface area contributed by atoms with Crippen molar-refractivity contribution in [2.45, 2.75) is 12.8 Å². The number of amides is 3. The van der Waals surface area contributed by atoms with Crippen molar-refractivity contribution in [3.63, 3.8) is 0 Å². The molecule has 4 rings (SSSR count). The predicted molar refractivity (Wildman–Crippen MR) is 104 cm³/mol. The number of rotatable bonds is 2. The molecule has 0 unspecified atom stereocenters. The second-order valence-electron chi connectivity index (χ2n) is 6.14. The van der Waals surface area contributed by atoms with E-state index in [9.17, 15) is 14.4 Å². The molecule has 0 N–H and O–H groups in total. The van der Waals surface area contributed by atoms with Gasteiger partial charge in [-0.2, -0.15) is 4.99 Å². The van der Waals surface area contributed by atoms with Crippen molar-refractivity contribution >= 4 is 56.6 Å². The van der Waals surface area contributed by atoms with E-state index in [1.165, 1.54) is 11.3 Å². The second-order valence-corrected chi connectivity index (χ2v) is 7.59. The highest BCUT2D eigenvalue weighted by atomic mass is 35.5. The molecule has 8 heteroatoms. The number of aryl methyl sites for hydroxylation is 1. The van der Waals surface area contributed by atoms with Crippen LogP contribution in [0.5, 0.6) is 0 Å². The molecule has 1 aromatic heterocycles. The maximum absolute atomic E-state index is 12.5. The number of benzene rings is 2. The lowest BCUT2D eigenvalue weighted by molar-refractivity contribution is -0.121. The first-order valence-corrected chi connectivity index (χ1v) is 9.43. The number of hydrogen-bond donors (Lipinski definition) is 0. The molecule has 1 aliphatic rings. The van der Waals surface area contributed by atoms with Crippen molar-refractivity contribution in [3.8, 4) is 0 Å². The molecule has 0 aliphatic carbocycles. The number of nitrogens with zero attached hydrogens (tertiary/aromatic N) is 3. The molecule has 0 radical (unpaired) electrons. The second kappa shape index (κ2) is 6.75. The molecule has 1 saturated heterocycles. The van der Waals surface area contributed by atoms with Crippen LogP contribution in [0.2, 0.25) is 5.02 Å². The van der Waals surface area contributed by atoms with Crippen molar-refractivity contribution in [1.29, 1.82) is 0 Å². The van der Waals surface area contributed by atoms with E-state index in [-0.39, 0.29) is 24.7 Å². The first-order chi connectivity index (χ1) is 12.9. The van der Waals surface area contributed by atoms with E-state index in [1.54, 1.807) is 30.3 Å². The Kier molecular flexibility index (Phi) is 4.41. The van der Waals surface area contributed by atoms with E-state index in [0.29, 0.717) is 21.1 Å². The van der Waals surface area contributed by atoms with Crippen LogP contribution >= 0.6 is 22.9 Å². The number of imide groups is 1. The summed E-state index contributed by atoms with van der Waals surface area (Å²) < 4.78 is 2.78.